The lowest BCUT2D eigenvalue weighted by molar-refractivity contribution is -0.149. The highest BCUT2D eigenvalue weighted by Crippen LogP contribution is 2.30. The number of esters is 1. The van der Waals surface area contributed by atoms with Crippen LogP contribution in [-0.4, -0.2) is 36.6 Å². The maximum absolute atomic E-state index is 11.7. The lowest BCUT2D eigenvalue weighted by Crippen LogP contribution is -2.44. The van der Waals surface area contributed by atoms with Gasteiger partial charge in [0.1, 0.15) is 0 Å². The molecule has 1 saturated heterocycles. The molecule has 0 bridgehead atoms. The standard InChI is InChI=1S/C15H27NO2/c1-3-18-15(17)13-8-10-16(11-9-13)14-6-4-12(2)5-7-14/h12-14H,3-11H2,1-2H3. The van der Waals surface area contributed by atoms with Crippen LogP contribution in [0, 0.1) is 11.8 Å². The molecule has 18 heavy (non-hydrogen) atoms. The Morgan fingerprint density at radius 1 is 1.11 bits per heavy atom. The molecule has 0 atom stereocenters. The van der Waals surface area contributed by atoms with Gasteiger partial charge in [0.05, 0.1) is 12.5 Å². The van der Waals surface area contributed by atoms with Gasteiger partial charge in [-0.2, -0.15) is 0 Å². The van der Waals surface area contributed by atoms with E-state index >= 15 is 0 Å². The fourth-order valence-electron chi connectivity index (χ4n) is 3.37. The van der Waals surface area contributed by atoms with Crippen molar-refractivity contribution < 1.29 is 9.53 Å². The summed E-state index contributed by atoms with van der Waals surface area (Å²) in [6.07, 6.45) is 7.44. The third kappa shape index (κ3) is 3.47. The Hall–Kier alpha value is -0.570. The Kier molecular flexibility index (Phi) is 5.04. The smallest absolute Gasteiger partial charge is 0.309 e. The Balaban J connectivity index is 1.74. The molecule has 2 aliphatic rings. The van der Waals surface area contributed by atoms with E-state index in [1.165, 1.54) is 25.7 Å². The molecule has 3 heteroatoms. The van der Waals surface area contributed by atoms with Gasteiger partial charge in [-0.15, -0.1) is 0 Å². The topological polar surface area (TPSA) is 29.5 Å². The maximum atomic E-state index is 11.7. The predicted octanol–water partition coefficient (Wildman–Crippen LogP) is 2.84. The van der Waals surface area contributed by atoms with Gasteiger partial charge >= 0.3 is 5.97 Å². The van der Waals surface area contributed by atoms with Gasteiger partial charge in [0, 0.05) is 6.04 Å². The number of carbonyl (C=O) groups is 1. The van der Waals surface area contributed by atoms with Crippen LogP contribution in [0.3, 0.4) is 0 Å². The number of ether oxygens (including phenoxy) is 1. The number of likely N-dealkylation sites (tertiary alicyclic amines) is 1. The van der Waals surface area contributed by atoms with Gasteiger partial charge in [-0.25, -0.2) is 0 Å². The summed E-state index contributed by atoms with van der Waals surface area (Å²) in [4.78, 5) is 14.3. The quantitative estimate of drug-likeness (QED) is 0.724. The van der Waals surface area contributed by atoms with E-state index < -0.39 is 0 Å². The second kappa shape index (κ2) is 6.55. The third-order valence-corrected chi connectivity index (χ3v) is 4.65. The Morgan fingerprint density at radius 2 is 1.72 bits per heavy atom. The maximum Gasteiger partial charge on any atom is 0.309 e. The largest absolute Gasteiger partial charge is 0.466 e. The fourth-order valence-corrected chi connectivity index (χ4v) is 3.37. The van der Waals surface area contributed by atoms with Crippen molar-refractivity contribution >= 4 is 5.97 Å². The summed E-state index contributed by atoms with van der Waals surface area (Å²) in [6.45, 7) is 6.93. The van der Waals surface area contributed by atoms with Gasteiger partial charge in [-0.05, 0) is 64.5 Å². The van der Waals surface area contributed by atoms with Crippen LogP contribution in [0.2, 0.25) is 0 Å². The number of carbonyl (C=O) groups excluding carboxylic acids is 1. The molecule has 0 radical (unpaired) electrons. The summed E-state index contributed by atoms with van der Waals surface area (Å²) < 4.78 is 5.12. The zero-order valence-corrected chi connectivity index (χ0v) is 11.9. The van der Waals surface area contributed by atoms with Crippen molar-refractivity contribution in [2.45, 2.75) is 58.4 Å². The van der Waals surface area contributed by atoms with Crippen LogP contribution in [0.5, 0.6) is 0 Å². The first-order valence-corrected chi connectivity index (χ1v) is 7.61. The molecule has 0 aromatic heterocycles. The van der Waals surface area contributed by atoms with Gasteiger partial charge < -0.3 is 9.64 Å². The zero-order chi connectivity index (χ0) is 13.0. The normalized spacial score (nSPS) is 31.2. The van der Waals surface area contributed by atoms with Crippen LogP contribution in [0.15, 0.2) is 0 Å². The molecular formula is C15H27NO2. The Morgan fingerprint density at radius 3 is 2.28 bits per heavy atom. The van der Waals surface area contributed by atoms with Crippen molar-refractivity contribution in [3.63, 3.8) is 0 Å². The summed E-state index contributed by atoms with van der Waals surface area (Å²) in [5, 5.41) is 0. The number of hydrogen-bond acceptors (Lipinski definition) is 3. The van der Waals surface area contributed by atoms with Crippen LogP contribution >= 0.6 is 0 Å². The molecule has 1 aliphatic carbocycles. The van der Waals surface area contributed by atoms with E-state index in [0.717, 1.165) is 37.9 Å². The Labute approximate surface area is 111 Å². The Bertz CT molecular complexity index is 264. The van der Waals surface area contributed by atoms with E-state index in [-0.39, 0.29) is 11.9 Å². The third-order valence-electron chi connectivity index (χ3n) is 4.65. The van der Waals surface area contributed by atoms with Crippen LogP contribution in [0.1, 0.15) is 52.4 Å². The molecule has 0 aromatic carbocycles. The predicted molar refractivity (Wildman–Crippen MR) is 72.4 cm³/mol. The van der Waals surface area contributed by atoms with E-state index in [1.807, 2.05) is 6.92 Å². The molecule has 2 fully saturated rings. The molecule has 1 aliphatic heterocycles. The monoisotopic (exact) mass is 253 g/mol. The molecule has 104 valence electrons. The molecule has 2 rings (SSSR count). The average molecular weight is 253 g/mol. The highest BCUT2D eigenvalue weighted by Gasteiger charge is 2.30. The molecule has 1 heterocycles. The first-order chi connectivity index (χ1) is 8.70. The van der Waals surface area contributed by atoms with Crippen LogP contribution < -0.4 is 0 Å². The highest BCUT2D eigenvalue weighted by molar-refractivity contribution is 5.72. The summed E-state index contributed by atoms with van der Waals surface area (Å²) in [5.74, 6) is 1.09. The number of piperidine rings is 1. The number of hydrogen-bond donors (Lipinski definition) is 0. The molecule has 0 unspecified atom stereocenters. The van der Waals surface area contributed by atoms with Gasteiger partial charge in [-0.1, -0.05) is 6.92 Å². The minimum Gasteiger partial charge on any atom is -0.466 e. The van der Waals surface area contributed by atoms with Crippen LogP contribution in [0.25, 0.3) is 0 Å². The molecule has 3 nitrogen and oxygen atoms in total. The van der Waals surface area contributed by atoms with Crippen molar-refractivity contribution in [1.82, 2.24) is 4.90 Å². The summed E-state index contributed by atoms with van der Waals surface area (Å²) in [7, 11) is 0. The number of nitrogens with zero attached hydrogens (tertiary/aromatic N) is 1. The zero-order valence-electron chi connectivity index (χ0n) is 11.9. The van der Waals surface area contributed by atoms with Crippen molar-refractivity contribution in [3.05, 3.63) is 0 Å². The van der Waals surface area contributed by atoms with E-state index in [9.17, 15) is 4.79 Å². The molecule has 1 saturated carbocycles. The minimum atomic E-state index is 0.0226. The fraction of sp³-hybridized carbons (Fsp3) is 0.933. The van der Waals surface area contributed by atoms with Gasteiger partial charge in [0.25, 0.3) is 0 Å². The first kappa shape index (κ1) is 13.9. The summed E-state index contributed by atoms with van der Waals surface area (Å²) in [6, 6.07) is 0.782. The van der Waals surface area contributed by atoms with Crippen LogP contribution in [-0.2, 0) is 9.53 Å². The van der Waals surface area contributed by atoms with E-state index in [2.05, 4.69) is 11.8 Å². The van der Waals surface area contributed by atoms with Gasteiger partial charge in [-0.3, -0.25) is 4.79 Å². The van der Waals surface area contributed by atoms with E-state index in [1.54, 1.807) is 0 Å². The van der Waals surface area contributed by atoms with Gasteiger partial charge in [0.2, 0.25) is 0 Å². The second-order valence-corrected chi connectivity index (χ2v) is 5.98. The molecule has 0 N–H and O–H groups in total. The lowest BCUT2D eigenvalue weighted by Gasteiger charge is -2.39. The molecule has 0 aromatic rings. The van der Waals surface area contributed by atoms with Crippen molar-refractivity contribution in [1.29, 1.82) is 0 Å². The van der Waals surface area contributed by atoms with Crippen LogP contribution in [0.4, 0.5) is 0 Å². The van der Waals surface area contributed by atoms with Gasteiger partial charge in [0.15, 0.2) is 0 Å². The second-order valence-electron chi connectivity index (χ2n) is 5.98. The highest BCUT2D eigenvalue weighted by atomic mass is 16.5. The van der Waals surface area contributed by atoms with E-state index in [0.29, 0.717) is 6.61 Å². The molecular weight excluding hydrogens is 226 g/mol. The van der Waals surface area contributed by atoms with Crippen molar-refractivity contribution in [3.8, 4) is 0 Å². The first-order valence-electron chi connectivity index (χ1n) is 7.61. The van der Waals surface area contributed by atoms with Crippen molar-refractivity contribution in [2.75, 3.05) is 19.7 Å². The van der Waals surface area contributed by atoms with Crippen molar-refractivity contribution in [2.24, 2.45) is 11.8 Å². The number of rotatable bonds is 3. The minimum absolute atomic E-state index is 0.0226. The lowest BCUT2D eigenvalue weighted by atomic mass is 9.85. The summed E-state index contributed by atoms with van der Waals surface area (Å²) in [5.41, 5.74) is 0. The SMILES string of the molecule is CCOC(=O)C1CCN(C2CCC(C)CC2)CC1. The summed E-state index contributed by atoms with van der Waals surface area (Å²) >= 11 is 0. The van der Waals surface area contributed by atoms with E-state index in [4.69, 9.17) is 4.74 Å². The average Bonchev–Trinajstić information content (AvgIpc) is 2.40. The molecule has 0 amide bonds. The molecule has 0 spiro atoms.